The van der Waals surface area contributed by atoms with Crippen molar-refractivity contribution in [1.29, 1.82) is 0 Å². The number of aliphatic hydroxyl groups excluding tert-OH is 1. The molecule has 0 spiro atoms. The van der Waals surface area contributed by atoms with Crippen molar-refractivity contribution >= 4 is 12.0 Å². The van der Waals surface area contributed by atoms with Gasteiger partial charge in [0.25, 0.3) is 0 Å². The number of aryl methyl sites for hydroxylation is 1. The second-order valence-corrected chi connectivity index (χ2v) is 11.4. The van der Waals surface area contributed by atoms with E-state index in [0.717, 1.165) is 30.4 Å². The van der Waals surface area contributed by atoms with Crippen molar-refractivity contribution in [1.82, 2.24) is 5.32 Å². The smallest absolute Gasteiger partial charge is 0.306 e. The van der Waals surface area contributed by atoms with Crippen molar-refractivity contribution in [3.05, 3.63) is 76.1 Å². The molecule has 0 bridgehead atoms. The molecule has 214 valence electrons. The van der Waals surface area contributed by atoms with Crippen molar-refractivity contribution in [3.63, 3.8) is 0 Å². The van der Waals surface area contributed by atoms with E-state index in [4.69, 9.17) is 9.47 Å². The largest absolute Gasteiger partial charge is 0.466 e. The third-order valence-electron chi connectivity index (χ3n) is 7.44. The van der Waals surface area contributed by atoms with Crippen molar-refractivity contribution in [2.45, 2.75) is 90.9 Å². The number of hydrogen-bond donors (Lipinski definition) is 2. The number of carbonyl (C=O) groups excluding carboxylic acids is 1. The summed E-state index contributed by atoms with van der Waals surface area (Å²) in [5.41, 5.74) is 4.95. The van der Waals surface area contributed by atoms with Crippen LogP contribution in [-0.4, -0.2) is 42.5 Å². The summed E-state index contributed by atoms with van der Waals surface area (Å²) in [6, 6.07) is 12.0. The predicted octanol–water partition coefficient (Wildman–Crippen LogP) is 6.49. The number of fused-ring (bicyclic) bond motifs is 1. The number of ether oxygens (including phenoxy) is 2. The zero-order valence-corrected chi connectivity index (χ0v) is 24.3. The molecular formula is C33H46FNO4. The van der Waals surface area contributed by atoms with E-state index in [1.54, 1.807) is 19.9 Å². The van der Waals surface area contributed by atoms with Crippen LogP contribution in [0.15, 0.2) is 42.5 Å². The summed E-state index contributed by atoms with van der Waals surface area (Å²) in [5.74, 6) is 0.0863. The molecule has 5 nitrogen and oxygen atoms in total. The van der Waals surface area contributed by atoms with Gasteiger partial charge in [-0.2, -0.15) is 0 Å². The van der Waals surface area contributed by atoms with Crippen LogP contribution in [0.4, 0.5) is 4.39 Å². The van der Waals surface area contributed by atoms with Gasteiger partial charge in [-0.15, -0.1) is 0 Å². The number of esters is 1. The highest BCUT2D eigenvalue weighted by atomic mass is 19.1. The van der Waals surface area contributed by atoms with Gasteiger partial charge in [0, 0.05) is 18.5 Å². The predicted molar refractivity (Wildman–Crippen MR) is 155 cm³/mol. The van der Waals surface area contributed by atoms with Gasteiger partial charge in [-0.05, 0) is 106 Å². The molecule has 0 radical (unpaired) electrons. The van der Waals surface area contributed by atoms with Gasteiger partial charge in [0.1, 0.15) is 5.82 Å². The van der Waals surface area contributed by atoms with E-state index in [9.17, 15) is 14.3 Å². The Hall–Kier alpha value is -2.54. The van der Waals surface area contributed by atoms with Crippen molar-refractivity contribution in [2.75, 3.05) is 19.8 Å². The number of β-amino-alcohol motifs (C(OH)–C–C–N with tert-alkyl or cyclic N) is 1. The normalized spacial score (nSPS) is 15.5. The fourth-order valence-electron chi connectivity index (χ4n) is 5.48. The van der Waals surface area contributed by atoms with E-state index in [1.165, 1.54) is 17.2 Å². The number of nitrogens with one attached hydrogen (secondary N) is 1. The van der Waals surface area contributed by atoms with E-state index in [0.29, 0.717) is 43.9 Å². The van der Waals surface area contributed by atoms with Gasteiger partial charge >= 0.3 is 5.97 Å². The molecule has 2 aromatic rings. The average molecular weight is 540 g/mol. The van der Waals surface area contributed by atoms with Crippen LogP contribution in [0.25, 0.3) is 6.08 Å². The molecule has 1 aliphatic rings. The highest BCUT2D eigenvalue weighted by Gasteiger charge is 2.28. The first kappa shape index (κ1) is 31.0. The molecule has 0 amide bonds. The molecule has 0 saturated heterocycles. The maximum absolute atomic E-state index is 14.5. The number of rotatable bonds is 15. The highest BCUT2D eigenvalue weighted by molar-refractivity contribution is 5.69. The van der Waals surface area contributed by atoms with E-state index in [2.05, 4.69) is 43.4 Å². The van der Waals surface area contributed by atoms with Gasteiger partial charge in [-0.25, -0.2) is 4.39 Å². The molecule has 6 heteroatoms. The zero-order chi connectivity index (χ0) is 28.4. The number of benzene rings is 2. The van der Waals surface area contributed by atoms with Crippen LogP contribution >= 0.6 is 0 Å². The fraction of sp³-hybridized carbons (Fsp3) is 0.545. The van der Waals surface area contributed by atoms with Gasteiger partial charge in [0.15, 0.2) is 0 Å². The van der Waals surface area contributed by atoms with Gasteiger partial charge in [0.05, 0.1) is 25.4 Å². The summed E-state index contributed by atoms with van der Waals surface area (Å²) in [4.78, 5) is 11.6. The Morgan fingerprint density at radius 1 is 1.21 bits per heavy atom. The lowest BCUT2D eigenvalue weighted by molar-refractivity contribution is -0.143. The summed E-state index contributed by atoms with van der Waals surface area (Å²) in [7, 11) is 0. The number of hydrogen-bond acceptors (Lipinski definition) is 5. The lowest BCUT2D eigenvalue weighted by Gasteiger charge is -2.31. The van der Waals surface area contributed by atoms with E-state index >= 15 is 0 Å². The average Bonchev–Trinajstić information content (AvgIpc) is 3.30. The van der Waals surface area contributed by atoms with Crippen LogP contribution in [0.3, 0.4) is 0 Å². The molecule has 0 fully saturated rings. The van der Waals surface area contributed by atoms with Gasteiger partial charge in [0.2, 0.25) is 0 Å². The molecule has 2 N–H and O–H groups in total. The summed E-state index contributed by atoms with van der Waals surface area (Å²) in [6.45, 7) is 10.8. The van der Waals surface area contributed by atoms with Gasteiger partial charge in [-0.3, -0.25) is 4.79 Å². The van der Waals surface area contributed by atoms with Crippen molar-refractivity contribution < 1.29 is 23.8 Å². The Morgan fingerprint density at radius 3 is 2.54 bits per heavy atom. The third kappa shape index (κ3) is 9.55. The summed E-state index contributed by atoms with van der Waals surface area (Å²) < 4.78 is 25.6. The second-order valence-electron chi connectivity index (χ2n) is 11.4. The summed E-state index contributed by atoms with van der Waals surface area (Å²) in [5, 5.41) is 14.3. The Morgan fingerprint density at radius 2 is 1.90 bits per heavy atom. The van der Waals surface area contributed by atoms with Crippen molar-refractivity contribution in [3.8, 4) is 0 Å². The Balaban J connectivity index is 1.53. The lowest BCUT2D eigenvalue weighted by atomic mass is 9.88. The summed E-state index contributed by atoms with van der Waals surface area (Å²) >= 11 is 0. The maximum atomic E-state index is 14.5. The Bertz CT molecular complexity index is 1090. The summed E-state index contributed by atoms with van der Waals surface area (Å²) in [6.07, 6.45) is 7.51. The first-order valence-electron chi connectivity index (χ1n) is 14.4. The molecule has 0 aromatic heterocycles. The first-order chi connectivity index (χ1) is 18.6. The molecule has 39 heavy (non-hydrogen) atoms. The lowest BCUT2D eigenvalue weighted by Crippen LogP contribution is -2.45. The maximum Gasteiger partial charge on any atom is 0.306 e. The Labute approximate surface area is 233 Å². The molecular weight excluding hydrogens is 493 g/mol. The van der Waals surface area contributed by atoms with Gasteiger partial charge in [-0.1, -0.05) is 43.3 Å². The number of allylic oxidation sites excluding steroid dienone is 1. The fourth-order valence-corrected chi connectivity index (χ4v) is 5.48. The second kappa shape index (κ2) is 14.7. The van der Waals surface area contributed by atoms with Crippen LogP contribution < -0.4 is 5.32 Å². The molecule has 2 aromatic carbocycles. The van der Waals surface area contributed by atoms with Crippen LogP contribution in [-0.2, 0) is 27.1 Å². The molecule has 0 unspecified atom stereocenters. The molecule has 0 aliphatic heterocycles. The molecule has 0 heterocycles. The number of halogens is 1. The SMILES string of the molecule is CCOC(=O)CCC=Cc1cc(C)c(F)cc1[C@@H](CC)OC[C@H](O)CNC(C)(C)CC1Cc2ccccc2C1. The van der Waals surface area contributed by atoms with E-state index in [-0.39, 0.29) is 30.0 Å². The van der Waals surface area contributed by atoms with Crippen LogP contribution in [0.2, 0.25) is 0 Å². The van der Waals surface area contributed by atoms with E-state index in [1.807, 2.05) is 19.1 Å². The monoisotopic (exact) mass is 539 g/mol. The first-order valence-corrected chi connectivity index (χ1v) is 14.4. The molecule has 3 rings (SSSR count). The molecule has 2 atom stereocenters. The van der Waals surface area contributed by atoms with Crippen LogP contribution in [0.5, 0.6) is 0 Å². The topological polar surface area (TPSA) is 67.8 Å². The van der Waals surface area contributed by atoms with Crippen molar-refractivity contribution in [2.24, 2.45) is 5.92 Å². The third-order valence-corrected chi connectivity index (χ3v) is 7.44. The molecule has 1 aliphatic carbocycles. The minimum atomic E-state index is -0.682. The molecule has 0 saturated carbocycles. The number of aliphatic hydroxyl groups is 1. The minimum absolute atomic E-state index is 0.112. The highest BCUT2D eigenvalue weighted by Crippen LogP contribution is 2.32. The minimum Gasteiger partial charge on any atom is -0.466 e. The quantitative estimate of drug-likeness (QED) is 0.253. The van der Waals surface area contributed by atoms with Gasteiger partial charge < -0.3 is 19.9 Å². The standard InChI is InChI=1S/C33H46FNO4/c1-6-31(29-19-30(34)23(3)16-27(29)14-10-11-15-32(37)38-7-2)39-22-28(36)21-35-33(4,5)20-24-17-25-12-8-9-13-26(25)18-24/h8-10,12-14,16,19,24,28,31,35-36H,6-7,11,15,17-18,20-22H2,1-5H3/t28-,31-/m1/s1. The van der Waals surface area contributed by atoms with E-state index < -0.39 is 6.10 Å². The van der Waals surface area contributed by atoms with Crippen LogP contribution in [0.1, 0.15) is 87.3 Å². The van der Waals surface area contributed by atoms with Crippen LogP contribution in [0, 0.1) is 18.7 Å². The Kier molecular flexibility index (Phi) is 11.7. The number of carbonyl (C=O) groups is 1. The zero-order valence-electron chi connectivity index (χ0n) is 24.3.